The highest BCUT2D eigenvalue weighted by Gasteiger charge is 2.35. The molecule has 8 nitrogen and oxygen atoms in total. The molecule has 1 amide bonds. The molecule has 1 fully saturated rings. The topological polar surface area (TPSA) is 88.2 Å². The molecule has 0 saturated carbocycles. The Labute approximate surface area is 197 Å². The number of aliphatic hydroxyl groups excluding tert-OH is 1. The molecule has 2 N–H and O–H groups in total. The third kappa shape index (κ3) is 4.20. The largest absolute Gasteiger partial charge is 0.374 e. The van der Waals surface area contributed by atoms with Crippen molar-refractivity contribution in [3.63, 3.8) is 0 Å². The number of alkyl halides is 1. The van der Waals surface area contributed by atoms with Crippen LogP contribution < -0.4 is 5.32 Å². The van der Waals surface area contributed by atoms with Gasteiger partial charge in [-0.15, -0.1) is 0 Å². The van der Waals surface area contributed by atoms with Gasteiger partial charge in [-0.25, -0.2) is 9.37 Å². The quantitative estimate of drug-likeness (QED) is 0.608. The standard InChI is InChI=1S/C25H27FN6O2/c1-16-8-9-19(10-11-31-15-21(29-23(16)31)17-6-4-3-5-7-17)28-24(33)22-20(12-27-30(22)2)25(34)32-13-18(26)14-32/h3-7,9-12,15-16,18,25,34H,8,13-14H2,1-2H3,(H,28,33). The minimum atomic E-state index is -1.08. The molecule has 2 atom stereocenters. The van der Waals surface area contributed by atoms with E-state index in [0.29, 0.717) is 17.7 Å². The number of carbonyl (C=O) groups excluding carboxylic acids is 1. The molecule has 2 aliphatic heterocycles. The average Bonchev–Trinajstić information content (AvgIpc) is 3.41. The number of hydrogen-bond donors (Lipinski definition) is 2. The lowest BCUT2D eigenvalue weighted by Crippen LogP contribution is -2.50. The van der Waals surface area contributed by atoms with Crippen molar-refractivity contribution in [2.45, 2.75) is 31.7 Å². The molecule has 4 heterocycles. The van der Waals surface area contributed by atoms with E-state index >= 15 is 0 Å². The van der Waals surface area contributed by atoms with Gasteiger partial charge < -0.3 is 15.0 Å². The summed E-state index contributed by atoms with van der Waals surface area (Å²) in [5.74, 6) is 0.712. The average molecular weight is 463 g/mol. The number of aliphatic hydroxyl groups is 1. The van der Waals surface area contributed by atoms with Crippen molar-refractivity contribution < 1.29 is 14.3 Å². The number of aryl methyl sites for hydroxylation is 1. The molecule has 1 aromatic carbocycles. The number of nitrogens with zero attached hydrogens (tertiary/aromatic N) is 5. The smallest absolute Gasteiger partial charge is 0.274 e. The van der Waals surface area contributed by atoms with E-state index < -0.39 is 12.4 Å². The predicted molar refractivity (Wildman–Crippen MR) is 126 cm³/mol. The summed E-state index contributed by atoms with van der Waals surface area (Å²) in [6.45, 7) is 2.38. The van der Waals surface area contributed by atoms with Crippen molar-refractivity contribution in [2.75, 3.05) is 13.1 Å². The first-order valence-corrected chi connectivity index (χ1v) is 11.3. The van der Waals surface area contributed by atoms with Gasteiger partial charge in [-0.2, -0.15) is 5.10 Å². The monoisotopic (exact) mass is 462 g/mol. The molecule has 2 unspecified atom stereocenters. The molecule has 34 heavy (non-hydrogen) atoms. The summed E-state index contributed by atoms with van der Waals surface area (Å²) >= 11 is 0. The van der Waals surface area contributed by atoms with Crippen LogP contribution in [0.25, 0.3) is 17.5 Å². The first kappa shape index (κ1) is 22.2. The van der Waals surface area contributed by atoms with Gasteiger partial charge in [0.1, 0.15) is 23.9 Å². The second-order valence-electron chi connectivity index (χ2n) is 8.82. The molecule has 9 heteroatoms. The number of rotatable bonds is 5. The van der Waals surface area contributed by atoms with Crippen LogP contribution in [0.2, 0.25) is 0 Å². The van der Waals surface area contributed by atoms with Crippen molar-refractivity contribution in [1.29, 1.82) is 0 Å². The van der Waals surface area contributed by atoms with Crippen LogP contribution in [-0.2, 0) is 7.05 Å². The van der Waals surface area contributed by atoms with Crippen LogP contribution in [0.1, 0.15) is 47.4 Å². The van der Waals surface area contributed by atoms with E-state index in [0.717, 1.165) is 17.1 Å². The van der Waals surface area contributed by atoms with E-state index in [1.54, 1.807) is 11.9 Å². The summed E-state index contributed by atoms with van der Waals surface area (Å²) in [7, 11) is 1.65. The van der Waals surface area contributed by atoms with E-state index in [1.165, 1.54) is 10.9 Å². The Hall–Kier alpha value is -3.56. The fourth-order valence-electron chi connectivity index (χ4n) is 4.33. The first-order chi connectivity index (χ1) is 16.4. The van der Waals surface area contributed by atoms with Gasteiger partial charge in [0.05, 0.1) is 11.9 Å². The third-order valence-corrected chi connectivity index (χ3v) is 6.31. The number of halogens is 1. The van der Waals surface area contributed by atoms with Crippen LogP contribution >= 0.6 is 0 Å². The number of fused-ring (bicyclic) bond motifs is 1. The number of carbonyl (C=O) groups is 1. The molecular formula is C25H27FN6O2. The normalized spacial score (nSPS) is 19.5. The maximum absolute atomic E-state index is 13.2. The summed E-state index contributed by atoms with van der Waals surface area (Å²) in [6, 6.07) is 10.0. The van der Waals surface area contributed by atoms with E-state index in [-0.39, 0.29) is 30.6 Å². The number of nitrogens with one attached hydrogen (secondary N) is 1. The number of benzene rings is 1. The Bertz CT molecular complexity index is 1260. The maximum atomic E-state index is 13.2. The summed E-state index contributed by atoms with van der Waals surface area (Å²) in [6.07, 6.45) is 7.80. The van der Waals surface area contributed by atoms with Gasteiger partial charge in [-0.05, 0) is 12.5 Å². The van der Waals surface area contributed by atoms with Crippen molar-refractivity contribution in [2.24, 2.45) is 7.05 Å². The second-order valence-corrected chi connectivity index (χ2v) is 8.82. The molecule has 2 aliphatic rings. The molecule has 0 aliphatic carbocycles. The van der Waals surface area contributed by atoms with Gasteiger partial charge in [0.15, 0.2) is 0 Å². The van der Waals surface area contributed by atoms with Crippen molar-refractivity contribution in [3.05, 3.63) is 77.7 Å². The van der Waals surface area contributed by atoms with Crippen molar-refractivity contribution in [3.8, 4) is 11.3 Å². The molecule has 176 valence electrons. The van der Waals surface area contributed by atoms with E-state index in [4.69, 9.17) is 4.98 Å². The number of hydrogen-bond acceptors (Lipinski definition) is 5. The second kappa shape index (κ2) is 9.00. The van der Waals surface area contributed by atoms with Crippen LogP contribution in [0.5, 0.6) is 0 Å². The summed E-state index contributed by atoms with van der Waals surface area (Å²) < 4.78 is 16.7. The molecule has 0 spiro atoms. The molecular weight excluding hydrogens is 435 g/mol. The number of amides is 1. The SMILES string of the molecule is CC1CC=C(NC(=O)c2c(C(O)N3CC(F)C3)cnn2C)C=Cn2cc(-c3ccccc3)nc21. The first-order valence-electron chi connectivity index (χ1n) is 11.3. The predicted octanol–water partition coefficient (Wildman–Crippen LogP) is 3.22. The lowest BCUT2D eigenvalue weighted by molar-refractivity contribution is -0.0759. The molecule has 3 aromatic rings. The minimum Gasteiger partial charge on any atom is -0.374 e. The van der Waals surface area contributed by atoms with Crippen molar-refractivity contribution in [1.82, 2.24) is 29.5 Å². The molecule has 5 rings (SSSR count). The Kier molecular flexibility index (Phi) is 5.89. The Morgan fingerprint density at radius 3 is 2.76 bits per heavy atom. The van der Waals surface area contributed by atoms with Gasteiger partial charge in [-0.1, -0.05) is 43.3 Å². The van der Waals surface area contributed by atoms with Gasteiger partial charge in [0.25, 0.3) is 5.91 Å². The molecule has 0 bridgehead atoms. The Morgan fingerprint density at radius 2 is 2.03 bits per heavy atom. The summed E-state index contributed by atoms with van der Waals surface area (Å²) in [4.78, 5) is 19.6. The zero-order valence-electron chi connectivity index (χ0n) is 19.1. The summed E-state index contributed by atoms with van der Waals surface area (Å²) in [5, 5.41) is 17.7. The zero-order chi connectivity index (χ0) is 23.8. The minimum absolute atomic E-state index is 0.140. The van der Waals surface area contributed by atoms with E-state index in [2.05, 4.69) is 17.3 Å². The lowest BCUT2D eigenvalue weighted by Gasteiger charge is -2.37. The van der Waals surface area contributed by atoms with Gasteiger partial charge in [-0.3, -0.25) is 14.4 Å². The number of imidazole rings is 1. The van der Waals surface area contributed by atoms with Gasteiger partial charge >= 0.3 is 0 Å². The van der Waals surface area contributed by atoms with Crippen LogP contribution in [-0.4, -0.2) is 54.5 Å². The highest BCUT2D eigenvalue weighted by atomic mass is 19.1. The lowest BCUT2D eigenvalue weighted by atomic mass is 10.0. The van der Waals surface area contributed by atoms with Gasteiger partial charge in [0.2, 0.25) is 0 Å². The van der Waals surface area contributed by atoms with Crippen LogP contribution in [0.3, 0.4) is 0 Å². The van der Waals surface area contributed by atoms with Gasteiger partial charge in [0, 0.05) is 55.3 Å². The molecule has 2 aromatic heterocycles. The Morgan fingerprint density at radius 1 is 1.26 bits per heavy atom. The zero-order valence-corrected chi connectivity index (χ0v) is 19.1. The maximum Gasteiger partial charge on any atom is 0.274 e. The number of likely N-dealkylation sites (tertiary alicyclic amines) is 1. The Balaban J connectivity index is 1.36. The van der Waals surface area contributed by atoms with Crippen LogP contribution in [0.4, 0.5) is 4.39 Å². The van der Waals surface area contributed by atoms with Crippen LogP contribution in [0, 0.1) is 0 Å². The fourth-order valence-corrected chi connectivity index (χ4v) is 4.33. The highest BCUT2D eigenvalue weighted by molar-refractivity contribution is 5.95. The summed E-state index contributed by atoms with van der Waals surface area (Å²) in [5.41, 5.74) is 3.20. The molecule has 1 saturated heterocycles. The highest BCUT2D eigenvalue weighted by Crippen LogP contribution is 2.28. The molecule has 0 radical (unpaired) electrons. The number of aromatic nitrogens is 4. The van der Waals surface area contributed by atoms with Crippen molar-refractivity contribution >= 4 is 12.1 Å². The fraction of sp³-hybridized carbons (Fsp3) is 0.320. The number of allylic oxidation sites excluding steroid dienone is 2. The third-order valence-electron chi connectivity index (χ3n) is 6.31. The van der Waals surface area contributed by atoms with E-state index in [9.17, 15) is 14.3 Å². The van der Waals surface area contributed by atoms with Crippen LogP contribution in [0.15, 0.2) is 60.6 Å². The van der Waals surface area contributed by atoms with E-state index in [1.807, 2.05) is 59.4 Å².